The van der Waals surface area contributed by atoms with Crippen LogP contribution in [0.25, 0.3) is 11.1 Å². The first kappa shape index (κ1) is 28.0. The highest BCUT2D eigenvalue weighted by atomic mass is 16.5. The molecule has 6 aromatic carbocycles. The number of carbonyl (C=O) groups is 2. The zero-order chi connectivity index (χ0) is 30.5. The van der Waals surface area contributed by atoms with E-state index in [2.05, 4.69) is 0 Å². The molecule has 0 atom stereocenters. The summed E-state index contributed by atoms with van der Waals surface area (Å²) in [6, 6.07) is 43.0. The van der Waals surface area contributed by atoms with Crippen molar-refractivity contribution in [3.8, 4) is 34.1 Å². The summed E-state index contributed by atoms with van der Waals surface area (Å²) >= 11 is 0. The third-order valence-electron chi connectivity index (χ3n) is 7.05. The molecule has 214 valence electrons. The van der Waals surface area contributed by atoms with Crippen LogP contribution in [-0.2, 0) is 0 Å². The van der Waals surface area contributed by atoms with E-state index in [0.717, 1.165) is 11.1 Å². The van der Waals surface area contributed by atoms with Gasteiger partial charge in [-0.1, -0.05) is 36.4 Å². The minimum atomic E-state index is -0.112. The molecular formula is C38H28N2O4. The van der Waals surface area contributed by atoms with Crippen molar-refractivity contribution in [3.63, 3.8) is 0 Å². The number of rotatable bonds is 9. The van der Waals surface area contributed by atoms with Crippen LogP contribution in [0.4, 0.5) is 11.4 Å². The van der Waals surface area contributed by atoms with Gasteiger partial charge in [-0.15, -0.1) is 0 Å². The number of anilines is 2. The van der Waals surface area contributed by atoms with E-state index in [4.69, 9.17) is 20.9 Å². The molecule has 0 fully saturated rings. The Bertz CT molecular complexity index is 1790. The first-order valence-electron chi connectivity index (χ1n) is 14.0. The van der Waals surface area contributed by atoms with Crippen molar-refractivity contribution in [1.82, 2.24) is 0 Å². The number of nitrogens with two attached hydrogens (primary N) is 2. The molecule has 0 aliphatic carbocycles. The maximum atomic E-state index is 13.3. The van der Waals surface area contributed by atoms with E-state index in [1.165, 1.54) is 0 Å². The summed E-state index contributed by atoms with van der Waals surface area (Å²) in [7, 11) is 0. The SMILES string of the molecule is Nc1ccc(Oc2ccc(C(=O)c3cccc(-c4cccc(C(=O)c5ccc(Oc6ccc(N)cc6)cc5)c4)c3)cc2)cc1. The van der Waals surface area contributed by atoms with Gasteiger partial charge in [-0.05, 0) is 120 Å². The van der Waals surface area contributed by atoms with Crippen molar-refractivity contribution >= 4 is 22.9 Å². The second kappa shape index (κ2) is 12.4. The average molecular weight is 577 g/mol. The van der Waals surface area contributed by atoms with Gasteiger partial charge in [-0.25, -0.2) is 0 Å². The fraction of sp³-hybridized carbons (Fsp3) is 0. The molecule has 44 heavy (non-hydrogen) atoms. The van der Waals surface area contributed by atoms with Gasteiger partial charge in [0.15, 0.2) is 11.6 Å². The van der Waals surface area contributed by atoms with E-state index in [1.54, 1.807) is 109 Å². The number of ether oxygens (including phenoxy) is 2. The van der Waals surface area contributed by atoms with Gasteiger partial charge in [0, 0.05) is 33.6 Å². The van der Waals surface area contributed by atoms with Crippen LogP contribution < -0.4 is 20.9 Å². The molecule has 0 aliphatic heterocycles. The summed E-state index contributed by atoms with van der Waals surface area (Å²) in [5.41, 5.74) is 16.6. The highest BCUT2D eigenvalue weighted by Crippen LogP contribution is 2.27. The Hall–Kier alpha value is -6.14. The smallest absolute Gasteiger partial charge is 0.193 e. The standard InChI is InChI=1S/C38H28N2O4/c39-31-11-19-35(20-12-31)43-33-15-7-25(8-16-33)37(41)29-5-1-3-27(23-29)28-4-2-6-30(24-28)38(42)26-9-17-34(18-10-26)44-36-21-13-32(40)14-22-36/h1-24H,39-40H2. The molecule has 0 bridgehead atoms. The minimum Gasteiger partial charge on any atom is -0.457 e. The fourth-order valence-corrected chi connectivity index (χ4v) is 4.71. The lowest BCUT2D eigenvalue weighted by atomic mass is 9.95. The second-order valence-corrected chi connectivity index (χ2v) is 10.2. The van der Waals surface area contributed by atoms with Crippen molar-refractivity contribution in [2.75, 3.05) is 11.5 Å². The van der Waals surface area contributed by atoms with Crippen molar-refractivity contribution < 1.29 is 19.1 Å². The van der Waals surface area contributed by atoms with E-state index in [1.807, 2.05) is 36.4 Å². The lowest BCUT2D eigenvalue weighted by Crippen LogP contribution is -2.02. The number of benzene rings is 6. The Morgan fingerprint density at radius 3 is 1.05 bits per heavy atom. The molecule has 0 heterocycles. The number of hydrogen-bond donors (Lipinski definition) is 2. The Labute approximate surface area is 255 Å². The molecule has 6 aromatic rings. The maximum absolute atomic E-state index is 13.3. The van der Waals surface area contributed by atoms with E-state index < -0.39 is 0 Å². The van der Waals surface area contributed by atoms with Crippen LogP contribution in [0.5, 0.6) is 23.0 Å². The van der Waals surface area contributed by atoms with Crippen LogP contribution in [0.15, 0.2) is 146 Å². The van der Waals surface area contributed by atoms with Crippen molar-refractivity contribution in [1.29, 1.82) is 0 Å². The van der Waals surface area contributed by atoms with Crippen molar-refractivity contribution in [3.05, 3.63) is 168 Å². The van der Waals surface area contributed by atoms with Crippen LogP contribution in [0, 0.1) is 0 Å². The molecule has 6 heteroatoms. The van der Waals surface area contributed by atoms with Crippen LogP contribution >= 0.6 is 0 Å². The lowest BCUT2D eigenvalue weighted by Gasteiger charge is -2.09. The third-order valence-corrected chi connectivity index (χ3v) is 7.05. The zero-order valence-electron chi connectivity index (χ0n) is 23.6. The summed E-state index contributed by atoms with van der Waals surface area (Å²) in [5, 5.41) is 0. The Balaban J connectivity index is 1.15. The number of carbonyl (C=O) groups excluding carboxylic acids is 2. The molecule has 0 unspecified atom stereocenters. The predicted molar refractivity (Wildman–Crippen MR) is 173 cm³/mol. The van der Waals surface area contributed by atoms with Gasteiger partial charge in [0.1, 0.15) is 23.0 Å². The van der Waals surface area contributed by atoms with E-state index in [0.29, 0.717) is 56.6 Å². The molecule has 0 spiro atoms. The van der Waals surface area contributed by atoms with Crippen LogP contribution in [-0.4, -0.2) is 11.6 Å². The molecule has 0 radical (unpaired) electrons. The second-order valence-electron chi connectivity index (χ2n) is 10.2. The summed E-state index contributed by atoms with van der Waals surface area (Å²) in [6.07, 6.45) is 0. The Kier molecular flexibility index (Phi) is 7.88. The average Bonchev–Trinajstić information content (AvgIpc) is 3.07. The van der Waals surface area contributed by atoms with Gasteiger partial charge in [-0.2, -0.15) is 0 Å². The zero-order valence-corrected chi connectivity index (χ0v) is 23.6. The van der Waals surface area contributed by atoms with E-state index in [9.17, 15) is 9.59 Å². The third kappa shape index (κ3) is 6.50. The first-order valence-corrected chi connectivity index (χ1v) is 14.0. The molecular weight excluding hydrogens is 548 g/mol. The van der Waals surface area contributed by atoms with E-state index >= 15 is 0 Å². The number of ketones is 2. The monoisotopic (exact) mass is 576 g/mol. The highest BCUT2D eigenvalue weighted by molar-refractivity contribution is 6.10. The Morgan fingerprint density at radius 2 is 0.705 bits per heavy atom. The van der Waals surface area contributed by atoms with Gasteiger partial charge >= 0.3 is 0 Å². The van der Waals surface area contributed by atoms with Gasteiger partial charge < -0.3 is 20.9 Å². The molecule has 0 saturated carbocycles. The first-order chi connectivity index (χ1) is 21.4. The highest BCUT2D eigenvalue weighted by Gasteiger charge is 2.14. The molecule has 0 amide bonds. The van der Waals surface area contributed by atoms with Gasteiger partial charge in [0.2, 0.25) is 0 Å². The Morgan fingerprint density at radius 1 is 0.386 bits per heavy atom. The fourth-order valence-electron chi connectivity index (χ4n) is 4.71. The molecule has 6 nitrogen and oxygen atoms in total. The topological polar surface area (TPSA) is 105 Å². The molecule has 0 aromatic heterocycles. The van der Waals surface area contributed by atoms with Crippen LogP contribution in [0.3, 0.4) is 0 Å². The molecule has 0 saturated heterocycles. The lowest BCUT2D eigenvalue weighted by molar-refractivity contribution is 0.103. The van der Waals surface area contributed by atoms with Crippen molar-refractivity contribution in [2.45, 2.75) is 0 Å². The summed E-state index contributed by atoms with van der Waals surface area (Å²) < 4.78 is 11.7. The summed E-state index contributed by atoms with van der Waals surface area (Å²) in [5.74, 6) is 2.33. The quantitative estimate of drug-likeness (QED) is 0.132. The summed E-state index contributed by atoms with van der Waals surface area (Å²) in [4.78, 5) is 26.7. The molecule has 6 rings (SSSR count). The molecule has 0 aliphatic rings. The minimum absolute atomic E-state index is 0.112. The normalized spacial score (nSPS) is 10.6. The van der Waals surface area contributed by atoms with E-state index in [-0.39, 0.29) is 11.6 Å². The van der Waals surface area contributed by atoms with Gasteiger partial charge in [0.25, 0.3) is 0 Å². The van der Waals surface area contributed by atoms with Crippen LogP contribution in [0.2, 0.25) is 0 Å². The number of hydrogen-bond acceptors (Lipinski definition) is 6. The van der Waals surface area contributed by atoms with Crippen LogP contribution in [0.1, 0.15) is 31.8 Å². The number of nitrogen functional groups attached to an aromatic ring is 2. The molecule has 4 N–H and O–H groups in total. The van der Waals surface area contributed by atoms with Gasteiger partial charge in [-0.3, -0.25) is 9.59 Å². The maximum Gasteiger partial charge on any atom is 0.193 e. The largest absolute Gasteiger partial charge is 0.457 e. The predicted octanol–water partition coefficient (Wildman–Crippen LogP) is 8.56. The van der Waals surface area contributed by atoms with Crippen molar-refractivity contribution in [2.24, 2.45) is 0 Å². The summed E-state index contributed by atoms with van der Waals surface area (Å²) in [6.45, 7) is 0. The van der Waals surface area contributed by atoms with Gasteiger partial charge in [0.05, 0.1) is 0 Å².